The van der Waals surface area contributed by atoms with Crippen molar-refractivity contribution < 1.29 is 0 Å². The molecule has 0 amide bonds. The molecule has 0 aliphatic heterocycles. The maximum absolute atomic E-state index is 5.58. The highest BCUT2D eigenvalue weighted by Crippen LogP contribution is 2.14. The fraction of sp³-hybridized carbons (Fsp3) is 0.400. The van der Waals surface area contributed by atoms with Crippen LogP contribution in [0.15, 0.2) is 24.3 Å². The minimum atomic E-state index is 0.651. The van der Waals surface area contributed by atoms with Gasteiger partial charge in [0.2, 0.25) is 0 Å². The molecule has 1 N–H and O–H groups in total. The van der Waals surface area contributed by atoms with Crippen molar-refractivity contribution in [3.63, 3.8) is 0 Å². The fourth-order valence-corrected chi connectivity index (χ4v) is 1.28. The Kier molecular flexibility index (Phi) is 3.95. The average Bonchev–Trinajstić information content (AvgIpc) is 2.15. The van der Waals surface area contributed by atoms with E-state index in [1.807, 2.05) is 6.07 Å². The summed E-state index contributed by atoms with van der Waals surface area (Å²) in [5, 5.41) is 3.28. The fourth-order valence-electron chi connectivity index (χ4n) is 1.18. The van der Waals surface area contributed by atoms with Crippen LogP contribution in [0.2, 0.25) is 0 Å². The molecule has 1 aromatic carbocycles. The summed E-state index contributed by atoms with van der Waals surface area (Å²) < 4.78 is 0. The van der Waals surface area contributed by atoms with E-state index < -0.39 is 0 Å². The van der Waals surface area contributed by atoms with Gasteiger partial charge in [-0.3, -0.25) is 0 Å². The Balaban J connectivity index is 2.68. The predicted octanol–water partition coefficient (Wildman–Crippen LogP) is 2.90. The van der Waals surface area contributed by atoms with E-state index in [4.69, 9.17) is 11.6 Å². The zero-order valence-electron chi connectivity index (χ0n) is 7.31. The Morgan fingerprint density at radius 1 is 1.33 bits per heavy atom. The van der Waals surface area contributed by atoms with Gasteiger partial charge in [-0.05, 0) is 18.1 Å². The Bertz CT molecular complexity index is 235. The van der Waals surface area contributed by atoms with Crippen molar-refractivity contribution in [2.45, 2.75) is 13.3 Å². The van der Waals surface area contributed by atoms with Gasteiger partial charge in [0, 0.05) is 18.1 Å². The highest BCUT2D eigenvalue weighted by atomic mass is 35.5. The molecule has 2 heteroatoms. The van der Waals surface area contributed by atoms with Crippen LogP contribution in [0.5, 0.6) is 0 Å². The van der Waals surface area contributed by atoms with E-state index in [1.54, 1.807) is 0 Å². The van der Waals surface area contributed by atoms with Crippen molar-refractivity contribution >= 4 is 17.3 Å². The van der Waals surface area contributed by atoms with Crippen molar-refractivity contribution in [2.75, 3.05) is 17.7 Å². The predicted molar refractivity (Wildman–Crippen MR) is 55.0 cm³/mol. The number of anilines is 1. The molecule has 0 aliphatic carbocycles. The van der Waals surface area contributed by atoms with Crippen molar-refractivity contribution in [2.24, 2.45) is 0 Å². The van der Waals surface area contributed by atoms with E-state index in [0.717, 1.165) is 13.0 Å². The normalized spacial score (nSPS) is 9.83. The van der Waals surface area contributed by atoms with Gasteiger partial charge in [-0.2, -0.15) is 0 Å². The summed E-state index contributed by atoms with van der Waals surface area (Å²) in [5.41, 5.74) is 2.56. The van der Waals surface area contributed by atoms with E-state index in [1.165, 1.54) is 11.3 Å². The maximum atomic E-state index is 5.58. The number of para-hydroxylation sites is 1. The number of benzene rings is 1. The van der Waals surface area contributed by atoms with Crippen LogP contribution in [0.25, 0.3) is 0 Å². The van der Waals surface area contributed by atoms with Gasteiger partial charge in [0.25, 0.3) is 0 Å². The monoisotopic (exact) mass is 183 g/mol. The maximum Gasteiger partial charge on any atom is 0.0396 e. The lowest BCUT2D eigenvalue weighted by Gasteiger charge is -2.08. The van der Waals surface area contributed by atoms with Crippen LogP contribution in [0.4, 0.5) is 5.69 Å². The Hall–Kier alpha value is -0.690. The third-order valence-electron chi connectivity index (χ3n) is 1.81. The summed E-state index contributed by atoms with van der Waals surface area (Å²) in [7, 11) is 0. The number of aryl methyl sites for hydroxylation is 1. The average molecular weight is 184 g/mol. The van der Waals surface area contributed by atoms with Crippen LogP contribution in [0, 0.1) is 0 Å². The highest BCUT2D eigenvalue weighted by molar-refractivity contribution is 6.18. The molecular formula is C10H14ClN. The molecule has 0 bridgehead atoms. The minimum Gasteiger partial charge on any atom is -0.384 e. The first-order valence-electron chi connectivity index (χ1n) is 4.26. The number of alkyl halides is 1. The van der Waals surface area contributed by atoms with E-state index in [2.05, 4.69) is 30.4 Å². The second-order valence-corrected chi connectivity index (χ2v) is 3.00. The van der Waals surface area contributed by atoms with Crippen LogP contribution in [0.1, 0.15) is 12.5 Å². The standard InChI is InChI=1S/C10H14ClN/c1-2-9-5-3-4-6-10(9)12-8-7-11/h3-6,12H,2,7-8H2,1H3. The molecule has 0 aromatic heterocycles. The van der Waals surface area contributed by atoms with Crippen LogP contribution < -0.4 is 5.32 Å². The van der Waals surface area contributed by atoms with Gasteiger partial charge in [0.05, 0.1) is 0 Å². The molecule has 1 rings (SSSR count). The Morgan fingerprint density at radius 2 is 2.08 bits per heavy atom. The van der Waals surface area contributed by atoms with E-state index in [-0.39, 0.29) is 0 Å². The molecule has 0 radical (unpaired) electrons. The quantitative estimate of drug-likeness (QED) is 0.708. The van der Waals surface area contributed by atoms with Gasteiger partial charge >= 0.3 is 0 Å². The molecule has 0 spiro atoms. The van der Waals surface area contributed by atoms with Crippen LogP contribution >= 0.6 is 11.6 Å². The molecule has 0 heterocycles. The SMILES string of the molecule is CCc1ccccc1NCCCl. The molecule has 12 heavy (non-hydrogen) atoms. The largest absolute Gasteiger partial charge is 0.384 e. The van der Waals surface area contributed by atoms with Crippen LogP contribution in [-0.4, -0.2) is 12.4 Å². The van der Waals surface area contributed by atoms with Gasteiger partial charge in [0.1, 0.15) is 0 Å². The van der Waals surface area contributed by atoms with Gasteiger partial charge in [0.15, 0.2) is 0 Å². The molecule has 66 valence electrons. The van der Waals surface area contributed by atoms with E-state index >= 15 is 0 Å². The van der Waals surface area contributed by atoms with Gasteiger partial charge in [-0.15, -0.1) is 11.6 Å². The number of hydrogen-bond donors (Lipinski definition) is 1. The third kappa shape index (κ3) is 2.42. The molecule has 1 aromatic rings. The zero-order chi connectivity index (χ0) is 8.81. The summed E-state index contributed by atoms with van der Waals surface area (Å²) in [6, 6.07) is 8.32. The summed E-state index contributed by atoms with van der Waals surface area (Å²) >= 11 is 5.58. The number of halogens is 1. The lowest BCUT2D eigenvalue weighted by molar-refractivity contribution is 1.11. The molecule has 0 atom stereocenters. The van der Waals surface area contributed by atoms with E-state index in [0.29, 0.717) is 5.88 Å². The minimum absolute atomic E-state index is 0.651. The van der Waals surface area contributed by atoms with Crippen LogP contribution in [-0.2, 0) is 6.42 Å². The van der Waals surface area contributed by atoms with Crippen molar-refractivity contribution in [3.8, 4) is 0 Å². The summed E-state index contributed by atoms with van der Waals surface area (Å²) in [6.07, 6.45) is 1.06. The number of hydrogen-bond acceptors (Lipinski definition) is 1. The molecule has 0 fully saturated rings. The zero-order valence-corrected chi connectivity index (χ0v) is 8.06. The first kappa shape index (κ1) is 9.40. The smallest absolute Gasteiger partial charge is 0.0396 e. The summed E-state index contributed by atoms with van der Waals surface area (Å²) in [6.45, 7) is 2.99. The molecule has 0 saturated heterocycles. The van der Waals surface area contributed by atoms with Gasteiger partial charge in [-0.25, -0.2) is 0 Å². The third-order valence-corrected chi connectivity index (χ3v) is 2.00. The molecule has 0 unspecified atom stereocenters. The second kappa shape index (κ2) is 5.04. The summed E-state index contributed by atoms with van der Waals surface area (Å²) in [4.78, 5) is 0. The second-order valence-electron chi connectivity index (χ2n) is 2.63. The number of nitrogens with one attached hydrogen (secondary N) is 1. The Labute approximate surface area is 78.7 Å². The van der Waals surface area contributed by atoms with Crippen molar-refractivity contribution in [1.82, 2.24) is 0 Å². The molecule has 1 nitrogen and oxygen atoms in total. The molecular weight excluding hydrogens is 170 g/mol. The molecule has 0 aliphatic rings. The first-order chi connectivity index (χ1) is 5.88. The topological polar surface area (TPSA) is 12.0 Å². The van der Waals surface area contributed by atoms with Gasteiger partial charge in [-0.1, -0.05) is 25.1 Å². The van der Waals surface area contributed by atoms with Crippen molar-refractivity contribution in [1.29, 1.82) is 0 Å². The summed E-state index contributed by atoms with van der Waals surface area (Å²) in [5.74, 6) is 0.651. The number of rotatable bonds is 4. The lowest BCUT2D eigenvalue weighted by atomic mass is 10.1. The lowest BCUT2D eigenvalue weighted by Crippen LogP contribution is -2.04. The molecule has 0 saturated carbocycles. The van der Waals surface area contributed by atoms with Crippen molar-refractivity contribution in [3.05, 3.63) is 29.8 Å². The first-order valence-corrected chi connectivity index (χ1v) is 4.79. The van der Waals surface area contributed by atoms with E-state index in [9.17, 15) is 0 Å². The highest BCUT2D eigenvalue weighted by Gasteiger charge is 1.96. The van der Waals surface area contributed by atoms with Gasteiger partial charge < -0.3 is 5.32 Å². The Morgan fingerprint density at radius 3 is 2.75 bits per heavy atom. The van der Waals surface area contributed by atoms with Crippen LogP contribution in [0.3, 0.4) is 0 Å².